The van der Waals surface area contributed by atoms with Crippen molar-refractivity contribution in [2.45, 2.75) is 13.8 Å². The highest BCUT2D eigenvalue weighted by molar-refractivity contribution is 6.14. The lowest BCUT2D eigenvalue weighted by atomic mass is 10.1. The summed E-state index contributed by atoms with van der Waals surface area (Å²) >= 11 is 0. The topological polar surface area (TPSA) is 67.9 Å². The van der Waals surface area contributed by atoms with Crippen LogP contribution in [0.1, 0.15) is 18.1 Å². The number of carbonyl (C=O) groups excluding carboxylic acids is 2. The monoisotopic (exact) mass is 274 g/mol. The molecule has 6 heteroatoms. The van der Waals surface area contributed by atoms with Gasteiger partial charge in [-0.1, -0.05) is 0 Å². The van der Waals surface area contributed by atoms with Crippen molar-refractivity contribution < 1.29 is 19.1 Å². The molecule has 20 heavy (non-hydrogen) atoms. The maximum Gasteiger partial charge on any atom is 0.328 e. The summed E-state index contributed by atoms with van der Waals surface area (Å²) in [5, 5.41) is 2.57. The third-order valence-electron chi connectivity index (χ3n) is 3.34. The Bertz CT molecular complexity index is 636. The molecular weight excluding hydrogens is 260 g/mol. The number of aryl methyl sites for hydroxylation is 1. The van der Waals surface area contributed by atoms with Gasteiger partial charge in [0.1, 0.15) is 5.70 Å². The van der Waals surface area contributed by atoms with Crippen LogP contribution in [0.3, 0.4) is 0 Å². The first-order valence-electron chi connectivity index (χ1n) is 6.35. The van der Waals surface area contributed by atoms with Crippen molar-refractivity contribution in [2.75, 3.05) is 13.3 Å². The molecule has 1 saturated heterocycles. The van der Waals surface area contributed by atoms with Gasteiger partial charge >= 0.3 is 6.03 Å². The Morgan fingerprint density at radius 2 is 2.00 bits per heavy atom. The van der Waals surface area contributed by atoms with Crippen LogP contribution in [-0.4, -0.2) is 30.2 Å². The van der Waals surface area contributed by atoms with Crippen LogP contribution in [0.15, 0.2) is 17.8 Å². The zero-order chi connectivity index (χ0) is 14.3. The average Bonchev–Trinajstić information content (AvgIpc) is 2.95. The van der Waals surface area contributed by atoms with Crippen LogP contribution in [0, 0.1) is 6.92 Å². The van der Waals surface area contributed by atoms with Gasteiger partial charge in [-0.15, -0.1) is 0 Å². The van der Waals surface area contributed by atoms with Gasteiger partial charge in [0.05, 0.1) is 0 Å². The number of nitrogens with zero attached hydrogens (tertiary/aromatic N) is 1. The summed E-state index contributed by atoms with van der Waals surface area (Å²) in [6.07, 6.45) is 1.66. The van der Waals surface area contributed by atoms with E-state index in [1.165, 1.54) is 0 Å². The molecule has 2 aliphatic rings. The Balaban J connectivity index is 1.97. The molecular formula is C14H14N2O4. The van der Waals surface area contributed by atoms with Gasteiger partial charge in [-0.2, -0.15) is 0 Å². The largest absolute Gasteiger partial charge is 0.454 e. The van der Waals surface area contributed by atoms with Crippen molar-refractivity contribution >= 4 is 18.0 Å². The standard InChI is InChI=1S/C14H14N2O4/c1-3-16-13(17)10(15-14(16)18)5-9-6-12-11(4-8(9)2)19-7-20-12/h4-6H,3,7H2,1-2H3,(H,15,18)/b10-5+. The van der Waals surface area contributed by atoms with Crippen LogP contribution in [0.2, 0.25) is 0 Å². The Morgan fingerprint density at radius 1 is 1.30 bits per heavy atom. The Hall–Kier alpha value is -2.50. The summed E-state index contributed by atoms with van der Waals surface area (Å²) in [5.74, 6) is 1.03. The average molecular weight is 274 g/mol. The van der Waals surface area contributed by atoms with E-state index < -0.39 is 0 Å². The second-order valence-electron chi connectivity index (χ2n) is 4.60. The van der Waals surface area contributed by atoms with Crippen LogP contribution in [0.4, 0.5) is 4.79 Å². The fraction of sp³-hybridized carbons (Fsp3) is 0.286. The number of urea groups is 1. The van der Waals surface area contributed by atoms with E-state index in [1.54, 1.807) is 19.1 Å². The van der Waals surface area contributed by atoms with Gasteiger partial charge in [-0.05, 0) is 43.2 Å². The molecule has 6 nitrogen and oxygen atoms in total. The fourth-order valence-corrected chi connectivity index (χ4v) is 2.23. The van der Waals surface area contributed by atoms with Gasteiger partial charge in [0, 0.05) is 6.54 Å². The Kier molecular flexibility index (Phi) is 2.85. The van der Waals surface area contributed by atoms with E-state index >= 15 is 0 Å². The SMILES string of the molecule is CCN1C(=O)N/C(=C/c2cc3c(cc2C)OCO3)C1=O. The van der Waals surface area contributed by atoms with Crippen molar-refractivity contribution in [3.8, 4) is 11.5 Å². The number of carbonyl (C=O) groups is 2. The van der Waals surface area contributed by atoms with E-state index in [2.05, 4.69) is 5.32 Å². The van der Waals surface area contributed by atoms with Gasteiger partial charge < -0.3 is 14.8 Å². The van der Waals surface area contributed by atoms with Crippen molar-refractivity contribution in [1.82, 2.24) is 10.2 Å². The summed E-state index contributed by atoms with van der Waals surface area (Å²) in [5.41, 5.74) is 2.04. The zero-order valence-electron chi connectivity index (χ0n) is 11.2. The number of nitrogens with one attached hydrogen (secondary N) is 1. The molecule has 3 amide bonds. The Labute approximate surface area is 116 Å². The molecule has 104 valence electrons. The van der Waals surface area contributed by atoms with Crippen molar-refractivity contribution in [3.05, 3.63) is 29.0 Å². The van der Waals surface area contributed by atoms with Crippen LogP contribution in [0.5, 0.6) is 11.5 Å². The third-order valence-corrected chi connectivity index (χ3v) is 3.34. The number of hydrogen-bond acceptors (Lipinski definition) is 4. The maximum atomic E-state index is 12.0. The molecule has 1 fully saturated rings. The molecule has 3 rings (SSSR count). The van der Waals surface area contributed by atoms with Crippen LogP contribution < -0.4 is 14.8 Å². The molecule has 2 aliphatic heterocycles. The van der Waals surface area contributed by atoms with E-state index in [-0.39, 0.29) is 24.4 Å². The lowest BCUT2D eigenvalue weighted by Gasteiger charge is -2.06. The number of amides is 3. The molecule has 0 spiro atoms. The second-order valence-corrected chi connectivity index (χ2v) is 4.60. The Morgan fingerprint density at radius 3 is 2.65 bits per heavy atom. The minimum Gasteiger partial charge on any atom is -0.454 e. The van der Waals surface area contributed by atoms with Crippen molar-refractivity contribution in [3.63, 3.8) is 0 Å². The first-order chi connectivity index (χ1) is 9.60. The predicted octanol–water partition coefficient (Wildman–Crippen LogP) is 1.64. The summed E-state index contributed by atoms with van der Waals surface area (Å²) < 4.78 is 10.6. The van der Waals surface area contributed by atoms with Crippen molar-refractivity contribution in [2.24, 2.45) is 0 Å². The van der Waals surface area contributed by atoms with Crippen LogP contribution >= 0.6 is 0 Å². The summed E-state index contributed by atoms with van der Waals surface area (Å²) in [4.78, 5) is 24.8. The number of hydrogen-bond donors (Lipinski definition) is 1. The smallest absolute Gasteiger partial charge is 0.328 e. The molecule has 0 saturated carbocycles. The number of ether oxygens (including phenoxy) is 2. The quantitative estimate of drug-likeness (QED) is 0.657. The fourth-order valence-electron chi connectivity index (χ4n) is 2.23. The number of fused-ring (bicyclic) bond motifs is 1. The molecule has 0 aliphatic carbocycles. The highest BCUT2D eigenvalue weighted by Crippen LogP contribution is 2.35. The van der Waals surface area contributed by atoms with E-state index in [1.807, 2.05) is 13.0 Å². The van der Waals surface area contributed by atoms with E-state index in [9.17, 15) is 9.59 Å². The van der Waals surface area contributed by atoms with Gasteiger partial charge in [-0.3, -0.25) is 9.69 Å². The minimum atomic E-state index is -0.387. The summed E-state index contributed by atoms with van der Waals surface area (Å²) in [6.45, 7) is 4.22. The van der Waals surface area contributed by atoms with Gasteiger partial charge in [0.25, 0.3) is 5.91 Å². The number of rotatable bonds is 2. The lowest BCUT2D eigenvalue weighted by Crippen LogP contribution is -2.30. The van der Waals surface area contributed by atoms with E-state index in [0.717, 1.165) is 16.0 Å². The van der Waals surface area contributed by atoms with E-state index in [4.69, 9.17) is 9.47 Å². The predicted molar refractivity (Wildman–Crippen MR) is 71.2 cm³/mol. The molecule has 1 aromatic rings. The minimum absolute atomic E-state index is 0.202. The van der Waals surface area contributed by atoms with Crippen LogP contribution in [-0.2, 0) is 4.79 Å². The van der Waals surface area contributed by atoms with Crippen molar-refractivity contribution in [1.29, 1.82) is 0 Å². The van der Waals surface area contributed by atoms with Gasteiger partial charge in [0.15, 0.2) is 11.5 Å². The summed E-state index contributed by atoms with van der Waals surface area (Å²) in [7, 11) is 0. The highest BCUT2D eigenvalue weighted by atomic mass is 16.7. The lowest BCUT2D eigenvalue weighted by molar-refractivity contribution is -0.122. The first-order valence-corrected chi connectivity index (χ1v) is 6.35. The molecule has 1 aromatic carbocycles. The van der Waals surface area contributed by atoms with Gasteiger partial charge in [-0.25, -0.2) is 4.79 Å². The van der Waals surface area contributed by atoms with Crippen LogP contribution in [0.25, 0.3) is 6.08 Å². The third kappa shape index (κ3) is 1.89. The number of benzene rings is 1. The van der Waals surface area contributed by atoms with Gasteiger partial charge in [0.2, 0.25) is 6.79 Å². The zero-order valence-corrected chi connectivity index (χ0v) is 11.2. The molecule has 0 radical (unpaired) electrons. The first kappa shape index (κ1) is 12.5. The summed E-state index contributed by atoms with van der Waals surface area (Å²) in [6, 6.07) is 3.27. The van der Waals surface area contributed by atoms with E-state index in [0.29, 0.717) is 18.0 Å². The molecule has 2 heterocycles. The molecule has 0 bridgehead atoms. The normalized spacial score (nSPS) is 18.9. The molecule has 0 unspecified atom stereocenters. The maximum absolute atomic E-state index is 12.0. The number of imide groups is 1. The molecule has 0 atom stereocenters. The number of likely N-dealkylation sites (N-methyl/N-ethyl adjacent to an activating group) is 1. The molecule has 1 N–H and O–H groups in total. The highest BCUT2D eigenvalue weighted by Gasteiger charge is 2.32. The molecule has 0 aromatic heterocycles. The second kappa shape index (κ2) is 4.56.